The maximum atomic E-state index is 4.56. The summed E-state index contributed by atoms with van der Waals surface area (Å²) in [5.41, 5.74) is 0.987. The van der Waals surface area contributed by atoms with Gasteiger partial charge in [0.15, 0.2) is 0 Å². The molecule has 1 aliphatic heterocycles. The summed E-state index contributed by atoms with van der Waals surface area (Å²) in [4.78, 5) is 13.0. The van der Waals surface area contributed by atoms with Crippen LogP contribution in [0.3, 0.4) is 0 Å². The number of rotatable bonds is 2. The predicted molar refractivity (Wildman–Crippen MR) is 77.9 cm³/mol. The molecule has 0 spiro atoms. The zero-order chi connectivity index (χ0) is 12.4. The molecule has 0 bridgehead atoms. The third kappa shape index (κ3) is 3.13. The van der Waals surface area contributed by atoms with Crippen molar-refractivity contribution in [1.82, 2.24) is 9.97 Å². The second-order valence-corrected chi connectivity index (χ2v) is 6.55. The smallest absolute Gasteiger partial charge is 0.227 e. The summed E-state index contributed by atoms with van der Waals surface area (Å²) < 4.78 is 1.14. The van der Waals surface area contributed by atoms with Gasteiger partial charge in [-0.15, -0.1) is 11.8 Å². The van der Waals surface area contributed by atoms with E-state index >= 15 is 0 Å². The molecule has 2 rings (SSSR count). The first-order valence-electron chi connectivity index (χ1n) is 5.36. The van der Waals surface area contributed by atoms with E-state index in [-0.39, 0.29) is 0 Å². The molecule has 0 unspecified atom stereocenters. The molecule has 0 saturated heterocycles. The van der Waals surface area contributed by atoms with E-state index in [4.69, 9.17) is 0 Å². The first-order valence-corrected chi connectivity index (χ1v) is 7.14. The summed E-state index contributed by atoms with van der Waals surface area (Å²) in [7, 11) is 3.91. The number of halogens is 1. The monoisotopic (exact) mass is 314 g/mol. The van der Waals surface area contributed by atoms with Crippen LogP contribution in [0.1, 0.15) is 5.69 Å². The average Bonchev–Trinajstić information content (AvgIpc) is 2.28. The molecule has 2 heterocycles. The van der Waals surface area contributed by atoms with Gasteiger partial charge in [0.05, 0.1) is 3.81 Å². The summed E-state index contributed by atoms with van der Waals surface area (Å²) in [6.45, 7) is 2.97. The number of anilines is 2. The van der Waals surface area contributed by atoms with Crippen molar-refractivity contribution < 1.29 is 0 Å². The number of nitrogens with zero attached hydrogens (tertiary/aromatic N) is 4. The molecule has 1 aromatic rings. The predicted octanol–water partition coefficient (Wildman–Crippen LogP) is 2.60. The summed E-state index contributed by atoms with van der Waals surface area (Å²) in [5.74, 6) is 2.78. The highest BCUT2D eigenvalue weighted by atomic mass is 79.9. The number of aromatic nitrogens is 2. The van der Waals surface area contributed by atoms with E-state index in [1.54, 1.807) is 0 Å². The van der Waals surface area contributed by atoms with Crippen LogP contribution < -0.4 is 9.80 Å². The lowest BCUT2D eigenvalue weighted by atomic mass is 10.4. The van der Waals surface area contributed by atoms with Crippen molar-refractivity contribution in [3.05, 3.63) is 21.8 Å². The Labute approximate surface area is 114 Å². The highest BCUT2D eigenvalue weighted by molar-refractivity contribution is 9.14. The molecular formula is C11H15BrN4S. The molecule has 0 atom stereocenters. The summed E-state index contributed by atoms with van der Waals surface area (Å²) in [6, 6.07) is 2.01. The summed E-state index contributed by atoms with van der Waals surface area (Å²) in [5, 5.41) is 0. The third-order valence-corrected chi connectivity index (χ3v) is 4.01. The Morgan fingerprint density at radius 1 is 1.41 bits per heavy atom. The van der Waals surface area contributed by atoms with E-state index in [1.165, 1.54) is 0 Å². The van der Waals surface area contributed by atoms with Gasteiger partial charge in [-0.05, 0) is 22.9 Å². The maximum Gasteiger partial charge on any atom is 0.227 e. The Morgan fingerprint density at radius 3 is 2.82 bits per heavy atom. The summed E-state index contributed by atoms with van der Waals surface area (Å²) >= 11 is 5.33. The van der Waals surface area contributed by atoms with Crippen LogP contribution in [0.4, 0.5) is 11.8 Å². The van der Waals surface area contributed by atoms with Crippen LogP contribution in [0, 0.1) is 6.92 Å². The van der Waals surface area contributed by atoms with Gasteiger partial charge in [0.25, 0.3) is 0 Å². The van der Waals surface area contributed by atoms with Gasteiger partial charge in [-0.25, -0.2) is 4.98 Å². The van der Waals surface area contributed by atoms with Gasteiger partial charge in [-0.1, -0.05) is 0 Å². The lowest BCUT2D eigenvalue weighted by Gasteiger charge is -2.24. The summed E-state index contributed by atoms with van der Waals surface area (Å²) in [6.07, 6.45) is 2.08. The third-order valence-electron chi connectivity index (χ3n) is 2.35. The molecule has 4 nitrogen and oxygen atoms in total. The van der Waals surface area contributed by atoms with Gasteiger partial charge in [0.1, 0.15) is 5.82 Å². The van der Waals surface area contributed by atoms with E-state index in [2.05, 4.69) is 37.0 Å². The lowest BCUT2D eigenvalue weighted by Crippen LogP contribution is -2.24. The number of hydrogen-bond acceptors (Lipinski definition) is 5. The Hall–Kier alpha value is -0.750. The first kappa shape index (κ1) is 12.7. The van der Waals surface area contributed by atoms with Crippen LogP contribution >= 0.6 is 27.7 Å². The minimum atomic E-state index is 0.753. The SMILES string of the molecule is Cc1cc(N2C=C(Br)SCC2)nc(N(C)C)n1. The first-order chi connectivity index (χ1) is 8.06. The normalized spacial score (nSPS) is 15.8. The van der Waals surface area contributed by atoms with Crippen molar-refractivity contribution in [1.29, 1.82) is 0 Å². The van der Waals surface area contributed by atoms with E-state index in [9.17, 15) is 0 Å². The van der Waals surface area contributed by atoms with Gasteiger partial charge in [-0.2, -0.15) is 4.98 Å². The van der Waals surface area contributed by atoms with Crippen LogP contribution in [0.5, 0.6) is 0 Å². The Bertz CT molecular complexity index is 447. The maximum absolute atomic E-state index is 4.56. The van der Waals surface area contributed by atoms with Crippen molar-refractivity contribution in [3.63, 3.8) is 0 Å². The Kier molecular flexibility index (Phi) is 3.93. The second-order valence-electron chi connectivity index (χ2n) is 4.04. The van der Waals surface area contributed by atoms with Crippen LogP contribution in [-0.2, 0) is 0 Å². The van der Waals surface area contributed by atoms with Crippen LogP contribution in [0.25, 0.3) is 0 Å². The number of hydrogen-bond donors (Lipinski definition) is 0. The molecule has 92 valence electrons. The van der Waals surface area contributed by atoms with Crippen LogP contribution in [0.2, 0.25) is 0 Å². The molecule has 0 aliphatic carbocycles. The van der Waals surface area contributed by atoms with Crippen molar-refractivity contribution in [2.45, 2.75) is 6.92 Å². The largest absolute Gasteiger partial charge is 0.347 e. The fourth-order valence-corrected chi connectivity index (χ4v) is 2.95. The quantitative estimate of drug-likeness (QED) is 0.838. The van der Waals surface area contributed by atoms with Crippen molar-refractivity contribution in [2.75, 3.05) is 36.2 Å². The molecular weight excluding hydrogens is 300 g/mol. The Balaban J connectivity index is 2.35. The second kappa shape index (κ2) is 5.27. The Morgan fingerprint density at radius 2 is 2.18 bits per heavy atom. The molecule has 0 fully saturated rings. The van der Waals surface area contributed by atoms with Gasteiger partial charge in [-0.3, -0.25) is 0 Å². The van der Waals surface area contributed by atoms with Crippen LogP contribution in [0.15, 0.2) is 16.1 Å². The zero-order valence-electron chi connectivity index (χ0n) is 10.1. The molecule has 0 N–H and O–H groups in total. The van der Waals surface area contributed by atoms with Crippen molar-refractivity contribution >= 4 is 39.5 Å². The standard InChI is InChI=1S/C11H15BrN4S/c1-8-6-10(14-11(13-8)15(2)3)16-4-5-17-9(12)7-16/h6-7H,4-5H2,1-3H3. The number of aryl methyl sites for hydroxylation is 1. The minimum Gasteiger partial charge on any atom is -0.347 e. The molecule has 17 heavy (non-hydrogen) atoms. The molecule has 0 saturated carbocycles. The van der Waals surface area contributed by atoms with E-state index in [0.29, 0.717) is 0 Å². The van der Waals surface area contributed by atoms with Gasteiger partial charge in [0, 0.05) is 44.4 Å². The van der Waals surface area contributed by atoms with Gasteiger partial charge in [0.2, 0.25) is 5.95 Å². The van der Waals surface area contributed by atoms with E-state index in [0.717, 1.165) is 33.6 Å². The molecule has 0 aromatic carbocycles. The van der Waals surface area contributed by atoms with Crippen molar-refractivity contribution in [3.8, 4) is 0 Å². The lowest BCUT2D eigenvalue weighted by molar-refractivity contribution is 0.928. The molecule has 0 amide bonds. The molecule has 0 radical (unpaired) electrons. The molecule has 1 aromatic heterocycles. The fourth-order valence-electron chi connectivity index (χ4n) is 1.53. The zero-order valence-corrected chi connectivity index (χ0v) is 12.5. The average molecular weight is 315 g/mol. The highest BCUT2D eigenvalue weighted by Crippen LogP contribution is 2.29. The van der Waals surface area contributed by atoms with Gasteiger partial charge < -0.3 is 9.80 Å². The van der Waals surface area contributed by atoms with Crippen LogP contribution in [-0.4, -0.2) is 36.4 Å². The molecule has 6 heteroatoms. The number of thioether (sulfide) groups is 1. The molecule has 1 aliphatic rings. The topological polar surface area (TPSA) is 32.3 Å². The van der Waals surface area contributed by atoms with Crippen molar-refractivity contribution in [2.24, 2.45) is 0 Å². The minimum absolute atomic E-state index is 0.753. The van der Waals surface area contributed by atoms with Gasteiger partial charge >= 0.3 is 0 Å². The van der Waals surface area contributed by atoms with E-state index < -0.39 is 0 Å². The van der Waals surface area contributed by atoms with E-state index in [1.807, 2.05) is 43.7 Å². The fraction of sp³-hybridized carbons (Fsp3) is 0.455. The highest BCUT2D eigenvalue weighted by Gasteiger charge is 2.14.